The minimum Gasteiger partial charge on any atom is -0.489 e. The third-order valence-corrected chi connectivity index (χ3v) is 3.64. The van der Waals surface area contributed by atoms with E-state index in [4.69, 9.17) is 9.47 Å². The molecule has 124 valence electrons. The summed E-state index contributed by atoms with van der Waals surface area (Å²) >= 11 is 0. The molecule has 2 rings (SSSR count). The first-order valence-electron chi connectivity index (χ1n) is 8.02. The van der Waals surface area contributed by atoms with Gasteiger partial charge in [0.05, 0.1) is 0 Å². The van der Waals surface area contributed by atoms with Crippen molar-refractivity contribution in [2.24, 2.45) is 0 Å². The van der Waals surface area contributed by atoms with Gasteiger partial charge < -0.3 is 9.47 Å². The van der Waals surface area contributed by atoms with Gasteiger partial charge in [0.2, 0.25) is 0 Å². The number of fused-ring (bicyclic) bond motifs is 1. The van der Waals surface area contributed by atoms with E-state index in [-0.39, 0.29) is 0 Å². The van der Waals surface area contributed by atoms with Gasteiger partial charge in [-0.15, -0.1) is 13.2 Å². The van der Waals surface area contributed by atoms with E-state index in [1.54, 1.807) is 12.2 Å². The molecule has 0 aliphatic rings. The molecule has 0 bridgehead atoms. The van der Waals surface area contributed by atoms with Crippen molar-refractivity contribution in [3.05, 3.63) is 86.0 Å². The lowest BCUT2D eigenvalue weighted by Crippen LogP contribution is -2.00. The van der Waals surface area contributed by atoms with E-state index in [1.807, 2.05) is 12.2 Å². The summed E-state index contributed by atoms with van der Waals surface area (Å²) in [6.07, 6.45) is 8.75. The van der Waals surface area contributed by atoms with Crippen LogP contribution in [-0.2, 0) is 12.8 Å². The second kappa shape index (κ2) is 8.78. The Balaban J connectivity index is 2.55. The lowest BCUT2D eigenvalue weighted by molar-refractivity contribution is 0.359. The van der Waals surface area contributed by atoms with Gasteiger partial charge in [-0.25, -0.2) is 0 Å². The number of benzene rings is 2. The second-order valence-electron chi connectivity index (χ2n) is 5.45. The Morgan fingerprint density at radius 1 is 0.625 bits per heavy atom. The van der Waals surface area contributed by atoms with Crippen molar-refractivity contribution >= 4 is 10.8 Å². The minimum atomic E-state index is 0.482. The lowest BCUT2D eigenvalue weighted by Gasteiger charge is -2.14. The van der Waals surface area contributed by atoms with Gasteiger partial charge in [0.1, 0.15) is 24.7 Å². The Bertz CT molecular complexity index is 691. The highest BCUT2D eigenvalue weighted by Crippen LogP contribution is 2.32. The maximum Gasteiger partial charge on any atom is 0.123 e. The maximum absolute atomic E-state index is 5.81. The van der Waals surface area contributed by atoms with E-state index in [0.717, 1.165) is 46.2 Å². The molecule has 0 unspecified atom stereocenters. The van der Waals surface area contributed by atoms with Crippen molar-refractivity contribution in [2.75, 3.05) is 13.2 Å². The molecule has 0 radical (unpaired) electrons. The zero-order chi connectivity index (χ0) is 17.4. The van der Waals surface area contributed by atoms with Gasteiger partial charge >= 0.3 is 0 Å². The van der Waals surface area contributed by atoms with Gasteiger partial charge in [-0.2, -0.15) is 0 Å². The van der Waals surface area contributed by atoms with Crippen LogP contribution < -0.4 is 9.47 Å². The van der Waals surface area contributed by atoms with Crippen LogP contribution in [0.1, 0.15) is 11.1 Å². The molecular formula is C22H24O2. The first kappa shape index (κ1) is 17.6. The molecule has 2 aromatic rings. The molecule has 0 fully saturated rings. The van der Waals surface area contributed by atoms with Crippen LogP contribution in [0.15, 0.2) is 74.9 Å². The van der Waals surface area contributed by atoms with E-state index in [2.05, 4.69) is 50.6 Å². The Morgan fingerprint density at radius 3 is 1.38 bits per heavy atom. The van der Waals surface area contributed by atoms with Crippen LogP contribution in [0.2, 0.25) is 0 Å². The summed E-state index contributed by atoms with van der Waals surface area (Å²) < 4.78 is 11.6. The van der Waals surface area contributed by atoms with Crippen LogP contribution in [0.5, 0.6) is 11.5 Å². The molecule has 0 saturated carbocycles. The molecule has 0 aliphatic heterocycles. The summed E-state index contributed by atoms with van der Waals surface area (Å²) in [5, 5.41) is 2.23. The van der Waals surface area contributed by atoms with Crippen molar-refractivity contribution in [3.8, 4) is 11.5 Å². The third-order valence-electron chi connectivity index (χ3n) is 3.64. The maximum atomic E-state index is 5.81. The number of hydrogen-bond donors (Lipinski definition) is 0. The quantitative estimate of drug-likeness (QED) is 0.544. The summed E-state index contributed by atoms with van der Waals surface area (Å²) in [4.78, 5) is 0. The minimum absolute atomic E-state index is 0.482. The molecular weight excluding hydrogens is 296 g/mol. The Kier molecular flexibility index (Phi) is 6.44. The highest BCUT2D eigenvalue weighted by Gasteiger charge is 2.10. The fraction of sp³-hybridized carbons (Fsp3) is 0.182. The Morgan fingerprint density at radius 2 is 1.04 bits per heavy atom. The summed E-state index contributed by atoms with van der Waals surface area (Å²) in [6.45, 7) is 16.0. The summed E-state index contributed by atoms with van der Waals surface area (Å²) in [7, 11) is 0. The van der Waals surface area contributed by atoms with Crippen molar-refractivity contribution in [1.82, 2.24) is 0 Å². The van der Waals surface area contributed by atoms with Crippen LogP contribution in [0.3, 0.4) is 0 Å². The normalized spacial score (nSPS) is 10.2. The van der Waals surface area contributed by atoms with Gasteiger partial charge in [0.25, 0.3) is 0 Å². The van der Waals surface area contributed by atoms with Crippen LogP contribution in [0.4, 0.5) is 0 Å². The van der Waals surface area contributed by atoms with Gasteiger partial charge in [-0.05, 0) is 59.0 Å². The average molecular weight is 320 g/mol. The highest BCUT2D eigenvalue weighted by molar-refractivity contribution is 5.87. The molecule has 2 nitrogen and oxygen atoms in total. The monoisotopic (exact) mass is 320 g/mol. The standard InChI is InChI=1S/C22H24O2/c1-5-9-17-13-19-16-22(24-12-8-4)18(10-6-2)14-20(19)15-21(17)23-11-7-3/h5-8,13-16H,1-4,9-12H2. The first-order chi connectivity index (χ1) is 11.7. The van der Waals surface area contributed by atoms with Gasteiger partial charge in [-0.3, -0.25) is 0 Å². The van der Waals surface area contributed by atoms with E-state index in [1.165, 1.54) is 0 Å². The smallest absolute Gasteiger partial charge is 0.123 e. The van der Waals surface area contributed by atoms with Gasteiger partial charge in [0, 0.05) is 0 Å². The largest absolute Gasteiger partial charge is 0.489 e. The molecule has 0 heterocycles. The predicted molar refractivity (Wildman–Crippen MR) is 103 cm³/mol. The third kappa shape index (κ3) is 4.17. The van der Waals surface area contributed by atoms with Gasteiger partial charge in [0.15, 0.2) is 0 Å². The molecule has 0 saturated heterocycles. The van der Waals surface area contributed by atoms with Crippen LogP contribution in [0, 0.1) is 0 Å². The Labute approximate surface area is 144 Å². The van der Waals surface area contributed by atoms with Gasteiger partial charge in [-0.1, -0.05) is 37.5 Å². The lowest BCUT2D eigenvalue weighted by atomic mass is 9.99. The average Bonchev–Trinajstić information content (AvgIpc) is 2.59. The molecule has 2 aromatic carbocycles. The molecule has 0 spiro atoms. The number of rotatable bonds is 10. The molecule has 0 aromatic heterocycles. The molecule has 0 N–H and O–H groups in total. The van der Waals surface area contributed by atoms with E-state index in [9.17, 15) is 0 Å². The van der Waals surface area contributed by atoms with E-state index < -0.39 is 0 Å². The fourth-order valence-corrected chi connectivity index (χ4v) is 2.60. The Hall–Kier alpha value is -2.74. The van der Waals surface area contributed by atoms with Crippen LogP contribution >= 0.6 is 0 Å². The number of allylic oxidation sites excluding steroid dienone is 2. The second-order valence-corrected chi connectivity index (χ2v) is 5.45. The zero-order valence-corrected chi connectivity index (χ0v) is 14.1. The molecule has 0 amide bonds. The summed E-state index contributed by atoms with van der Waals surface area (Å²) in [5.74, 6) is 1.73. The molecule has 0 aliphatic carbocycles. The van der Waals surface area contributed by atoms with Crippen molar-refractivity contribution < 1.29 is 9.47 Å². The number of hydrogen-bond acceptors (Lipinski definition) is 2. The molecule has 2 heteroatoms. The van der Waals surface area contributed by atoms with Crippen molar-refractivity contribution in [3.63, 3.8) is 0 Å². The fourth-order valence-electron chi connectivity index (χ4n) is 2.60. The molecule has 24 heavy (non-hydrogen) atoms. The van der Waals surface area contributed by atoms with Crippen molar-refractivity contribution in [1.29, 1.82) is 0 Å². The summed E-state index contributed by atoms with van der Waals surface area (Å²) in [5.41, 5.74) is 2.20. The SMILES string of the molecule is C=CCOc1cc2cc(CC=C)c(OCC=C)cc2cc1CC=C. The van der Waals surface area contributed by atoms with E-state index in [0.29, 0.717) is 13.2 Å². The molecule has 0 atom stereocenters. The summed E-state index contributed by atoms with van der Waals surface area (Å²) in [6, 6.07) is 8.41. The first-order valence-corrected chi connectivity index (χ1v) is 8.02. The predicted octanol–water partition coefficient (Wildman–Crippen LogP) is 5.43. The van der Waals surface area contributed by atoms with E-state index >= 15 is 0 Å². The topological polar surface area (TPSA) is 18.5 Å². The van der Waals surface area contributed by atoms with Crippen LogP contribution in [-0.4, -0.2) is 13.2 Å². The number of ether oxygens (including phenoxy) is 2. The highest BCUT2D eigenvalue weighted by atomic mass is 16.5. The van der Waals surface area contributed by atoms with Crippen molar-refractivity contribution in [2.45, 2.75) is 12.8 Å². The zero-order valence-electron chi connectivity index (χ0n) is 14.1. The van der Waals surface area contributed by atoms with Crippen LogP contribution in [0.25, 0.3) is 10.8 Å².